The minimum absolute atomic E-state index is 0.122. The average Bonchev–Trinajstić information content (AvgIpc) is 1.79. The summed E-state index contributed by atoms with van der Waals surface area (Å²) in [5, 5.41) is 9.46. The fraction of sp³-hybridized carbons (Fsp3) is 1.00. The third-order valence-corrected chi connectivity index (χ3v) is 1.63. The summed E-state index contributed by atoms with van der Waals surface area (Å²) in [5.74, 6) is 0. The van der Waals surface area contributed by atoms with Gasteiger partial charge < -0.3 is 15.6 Å². The molecule has 3 nitrogen and oxygen atoms in total. The summed E-state index contributed by atoms with van der Waals surface area (Å²) in [4.78, 5) is 0. The van der Waals surface area contributed by atoms with Gasteiger partial charge in [-0.2, -0.15) is 0 Å². The molecule has 3 heteroatoms. The lowest BCUT2D eigenvalue weighted by atomic mass is 10.00. The van der Waals surface area contributed by atoms with Crippen LogP contribution in [0.3, 0.4) is 0 Å². The summed E-state index contributed by atoms with van der Waals surface area (Å²) in [6.07, 6.45) is 0.795. The molecule has 1 atom stereocenters. The second-order valence-electron chi connectivity index (χ2n) is 5.04. The third kappa shape index (κ3) is 8.22. The van der Waals surface area contributed by atoms with Gasteiger partial charge in [-0.25, -0.2) is 0 Å². The Kier molecular flexibility index (Phi) is 4.36. The number of hydrogen-bond acceptors (Lipinski definition) is 3. The van der Waals surface area contributed by atoms with Crippen molar-refractivity contribution in [2.24, 2.45) is 5.73 Å². The minimum atomic E-state index is -0.769. The van der Waals surface area contributed by atoms with Gasteiger partial charge in [-0.3, -0.25) is 0 Å². The van der Waals surface area contributed by atoms with Gasteiger partial charge in [-0.05, 0) is 41.0 Å². The smallest absolute Gasteiger partial charge is 0.0824 e. The molecule has 0 radical (unpaired) electrons. The number of rotatable bonds is 5. The van der Waals surface area contributed by atoms with Gasteiger partial charge >= 0.3 is 0 Å². The molecule has 0 aromatic rings. The molecule has 0 rings (SSSR count). The van der Waals surface area contributed by atoms with Crippen molar-refractivity contribution in [3.8, 4) is 0 Å². The minimum Gasteiger partial charge on any atom is -0.388 e. The van der Waals surface area contributed by atoms with Gasteiger partial charge in [0.15, 0.2) is 0 Å². The molecule has 80 valence electrons. The number of nitrogens with two attached hydrogens (primary N) is 1. The van der Waals surface area contributed by atoms with Gasteiger partial charge in [-0.1, -0.05) is 0 Å². The zero-order valence-corrected chi connectivity index (χ0v) is 9.42. The van der Waals surface area contributed by atoms with Crippen LogP contribution in [0.25, 0.3) is 0 Å². The van der Waals surface area contributed by atoms with E-state index in [1.165, 1.54) is 0 Å². The Morgan fingerprint density at radius 1 is 1.31 bits per heavy atom. The maximum absolute atomic E-state index is 9.46. The number of hydrogen-bond donors (Lipinski definition) is 2. The van der Waals surface area contributed by atoms with E-state index in [2.05, 4.69) is 0 Å². The van der Waals surface area contributed by atoms with Crippen molar-refractivity contribution in [3.05, 3.63) is 0 Å². The Balaban J connectivity index is 3.89. The summed E-state index contributed by atoms with van der Waals surface area (Å²) < 4.78 is 5.57. The largest absolute Gasteiger partial charge is 0.388 e. The zero-order chi connectivity index (χ0) is 10.7. The van der Waals surface area contributed by atoms with Crippen molar-refractivity contribution in [1.29, 1.82) is 0 Å². The Morgan fingerprint density at radius 2 is 1.77 bits per heavy atom. The molecule has 0 bridgehead atoms. The van der Waals surface area contributed by atoms with Crippen molar-refractivity contribution in [2.45, 2.75) is 58.3 Å². The molecule has 0 aliphatic rings. The van der Waals surface area contributed by atoms with E-state index in [9.17, 15) is 5.11 Å². The average molecular weight is 189 g/mol. The first-order valence-electron chi connectivity index (χ1n) is 4.74. The summed E-state index contributed by atoms with van der Waals surface area (Å²) in [5.41, 5.74) is 4.65. The predicted octanol–water partition coefficient (Wildman–Crippen LogP) is 1.29. The Morgan fingerprint density at radius 3 is 2.08 bits per heavy atom. The second-order valence-corrected chi connectivity index (χ2v) is 5.04. The van der Waals surface area contributed by atoms with Gasteiger partial charge in [0, 0.05) is 6.04 Å². The monoisotopic (exact) mass is 189 g/mol. The van der Waals surface area contributed by atoms with Crippen LogP contribution in [0.2, 0.25) is 0 Å². The Bertz CT molecular complexity index is 147. The molecular weight excluding hydrogens is 166 g/mol. The normalized spacial score (nSPS) is 15.9. The van der Waals surface area contributed by atoms with Crippen LogP contribution in [-0.4, -0.2) is 29.0 Å². The number of aliphatic hydroxyl groups is 1. The maximum atomic E-state index is 9.46. The van der Waals surface area contributed by atoms with Crippen LogP contribution in [0.1, 0.15) is 41.0 Å². The van der Waals surface area contributed by atoms with E-state index in [0.29, 0.717) is 6.61 Å². The Hall–Kier alpha value is -0.120. The van der Waals surface area contributed by atoms with Crippen LogP contribution >= 0.6 is 0 Å². The van der Waals surface area contributed by atoms with Crippen LogP contribution in [0.15, 0.2) is 0 Å². The van der Waals surface area contributed by atoms with Gasteiger partial charge in [0.1, 0.15) is 0 Å². The van der Waals surface area contributed by atoms with Crippen molar-refractivity contribution >= 4 is 0 Å². The molecule has 0 aromatic carbocycles. The highest BCUT2D eigenvalue weighted by atomic mass is 16.5. The fourth-order valence-corrected chi connectivity index (χ4v) is 1.21. The van der Waals surface area contributed by atoms with Crippen LogP contribution < -0.4 is 5.73 Å². The van der Waals surface area contributed by atoms with Crippen LogP contribution in [-0.2, 0) is 4.74 Å². The van der Waals surface area contributed by atoms with Crippen LogP contribution in [0, 0.1) is 0 Å². The lowest BCUT2D eigenvalue weighted by Gasteiger charge is -2.30. The lowest BCUT2D eigenvalue weighted by Crippen LogP contribution is -2.37. The van der Waals surface area contributed by atoms with E-state index in [0.717, 1.165) is 6.42 Å². The highest BCUT2D eigenvalue weighted by molar-refractivity contribution is 4.75. The summed E-state index contributed by atoms with van der Waals surface area (Å²) in [6, 6.07) is 0.122. The second kappa shape index (κ2) is 4.40. The lowest BCUT2D eigenvalue weighted by molar-refractivity contribution is -0.0954. The molecule has 0 heterocycles. The highest BCUT2D eigenvalue weighted by Crippen LogP contribution is 2.18. The van der Waals surface area contributed by atoms with E-state index >= 15 is 0 Å². The van der Waals surface area contributed by atoms with Crippen molar-refractivity contribution < 1.29 is 9.84 Å². The first-order valence-corrected chi connectivity index (χ1v) is 4.74. The molecule has 0 aliphatic carbocycles. The molecule has 0 aromatic heterocycles. The van der Waals surface area contributed by atoms with Crippen molar-refractivity contribution in [3.63, 3.8) is 0 Å². The predicted molar refractivity (Wildman–Crippen MR) is 54.6 cm³/mol. The van der Waals surface area contributed by atoms with Crippen LogP contribution in [0.4, 0.5) is 0 Å². The molecule has 13 heavy (non-hydrogen) atoms. The fourth-order valence-electron chi connectivity index (χ4n) is 1.21. The van der Waals surface area contributed by atoms with E-state index in [1.807, 2.05) is 20.8 Å². The first kappa shape index (κ1) is 12.9. The summed E-state index contributed by atoms with van der Waals surface area (Å²) in [6.45, 7) is 9.73. The molecule has 0 aliphatic heterocycles. The standard InChI is InChI=1S/C10H23NO2/c1-8(11)6-10(4,5)13-7-9(2,3)12/h8,12H,6-7,11H2,1-5H3. The first-order chi connectivity index (χ1) is 5.62. The molecule has 0 amide bonds. The molecule has 0 saturated carbocycles. The molecule has 0 fully saturated rings. The van der Waals surface area contributed by atoms with Gasteiger partial charge in [0.05, 0.1) is 17.8 Å². The van der Waals surface area contributed by atoms with Crippen molar-refractivity contribution in [2.75, 3.05) is 6.61 Å². The van der Waals surface area contributed by atoms with E-state index in [1.54, 1.807) is 13.8 Å². The summed E-state index contributed by atoms with van der Waals surface area (Å²) in [7, 11) is 0. The van der Waals surface area contributed by atoms with Gasteiger partial charge in [0.2, 0.25) is 0 Å². The van der Waals surface area contributed by atoms with Crippen molar-refractivity contribution in [1.82, 2.24) is 0 Å². The zero-order valence-electron chi connectivity index (χ0n) is 9.42. The summed E-state index contributed by atoms with van der Waals surface area (Å²) >= 11 is 0. The molecular formula is C10H23NO2. The highest BCUT2D eigenvalue weighted by Gasteiger charge is 2.23. The maximum Gasteiger partial charge on any atom is 0.0824 e. The Labute approximate surface area is 81.3 Å². The molecule has 1 unspecified atom stereocenters. The third-order valence-electron chi connectivity index (χ3n) is 1.63. The SMILES string of the molecule is CC(N)CC(C)(C)OCC(C)(C)O. The quantitative estimate of drug-likeness (QED) is 0.685. The van der Waals surface area contributed by atoms with E-state index in [-0.39, 0.29) is 11.6 Å². The number of ether oxygens (including phenoxy) is 1. The molecule has 0 spiro atoms. The van der Waals surface area contributed by atoms with E-state index < -0.39 is 5.60 Å². The molecule has 0 saturated heterocycles. The van der Waals surface area contributed by atoms with E-state index in [4.69, 9.17) is 10.5 Å². The topological polar surface area (TPSA) is 55.5 Å². The molecule has 3 N–H and O–H groups in total. The van der Waals surface area contributed by atoms with Crippen LogP contribution in [0.5, 0.6) is 0 Å². The van der Waals surface area contributed by atoms with Gasteiger partial charge in [0.25, 0.3) is 0 Å². The van der Waals surface area contributed by atoms with Gasteiger partial charge in [-0.15, -0.1) is 0 Å².